The molecular formula is C18H31N3O5SSi. The van der Waals surface area contributed by atoms with Gasteiger partial charge in [0.1, 0.15) is 0 Å². The Morgan fingerprint density at radius 2 is 1.46 bits per heavy atom. The standard InChI is InChI=1S/C18H31N3O5SSi/c1-4-7-13-24-28(25-14-8-5-2,26-15-9-6-3)18-12-10-11-17(16-18)27(22,23)21-20-19/h10-12,16H,4-9,13-15H2,1-3H3. The summed E-state index contributed by atoms with van der Waals surface area (Å²) in [7, 11) is -7.42. The number of unbranched alkanes of at least 4 members (excludes halogenated alkanes) is 3. The third-order valence-corrected chi connectivity index (χ3v) is 7.91. The van der Waals surface area contributed by atoms with Gasteiger partial charge in [-0.25, -0.2) is 8.42 Å². The van der Waals surface area contributed by atoms with Crippen LogP contribution in [0.4, 0.5) is 0 Å². The lowest BCUT2D eigenvalue weighted by Gasteiger charge is -2.30. The van der Waals surface area contributed by atoms with Crippen LogP contribution < -0.4 is 5.19 Å². The zero-order valence-electron chi connectivity index (χ0n) is 17.0. The lowest BCUT2D eigenvalue weighted by molar-refractivity contribution is 0.0700. The Labute approximate surface area is 169 Å². The maximum atomic E-state index is 12.2. The predicted octanol–water partition coefficient (Wildman–Crippen LogP) is 4.28. The number of nitrogens with zero attached hydrogens (tertiary/aromatic N) is 3. The summed E-state index contributed by atoms with van der Waals surface area (Å²) in [5, 5.41) is 0.560. The lowest BCUT2D eigenvalue weighted by Crippen LogP contribution is -2.57. The first-order valence-electron chi connectivity index (χ1n) is 9.79. The summed E-state index contributed by atoms with van der Waals surface area (Å²) >= 11 is 0. The molecule has 158 valence electrons. The van der Waals surface area contributed by atoms with Gasteiger partial charge in [-0.05, 0) is 36.9 Å². The molecule has 28 heavy (non-hydrogen) atoms. The van der Waals surface area contributed by atoms with E-state index in [2.05, 4.69) is 30.2 Å². The van der Waals surface area contributed by atoms with Crippen LogP contribution in [0, 0.1) is 0 Å². The van der Waals surface area contributed by atoms with Crippen LogP contribution in [0.3, 0.4) is 0 Å². The van der Waals surface area contributed by atoms with Crippen molar-refractivity contribution in [2.24, 2.45) is 4.52 Å². The molecule has 0 bridgehead atoms. The normalized spacial score (nSPS) is 12.0. The molecule has 1 aromatic carbocycles. The van der Waals surface area contributed by atoms with Gasteiger partial charge in [-0.3, -0.25) is 0 Å². The van der Waals surface area contributed by atoms with Gasteiger partial charge in [-0.1, -0.05) is 52.2 Å². The molecule has 0 radical (unpaired) electrons. The molecule has 8 nitrogen and oxygen atoms in total. The molecule has 0 saturated heterocycles. The Balaban J connectivity index is 3.34. The van der Waals surface area contributed by atoms with Gasteiger partial charge in [0, 0.05) is 34.4 Å². The fourth-order valence-electron chi connectivity index (χ4n) is 2.37. The molecule has 1 aromatic rings. The van der Waals surface area contributed by atoms with E-state index in [4.69, 9.17) is 18.8 Å². The van der Waals surface area contributed by atoms with E-state index in [-0.39, 0.29) is 4.90 Å². The number of azide groups is 1. The van der Waals surface area contributed by atoms with E-state index < -0.39 is 18.8 Å². The molecule has 1 rings (SSSR count). The van der Waals surface area contributed by atoms with Gasteiger partial charge >= 0.3 is 8.80 Å². The summed E-state index contributed by atoms with van der Waals surface area (Å²) < 4.78 is 45.8. The van der Waals surface area contributed by atoms with Gasteiger partial charge in [0.05, 0.1) is 4.90 Å². The van der Waals surface area contributed by atoms with Crippen LogP contribution in [0.15, 0.2) is 33.7 Å². The molecule has 0 saturated carbocycles. The highest BCUT2D eigenvalue weighted by Crippen LogP contribution is 2.18. The van der Waals surface area contributed by atoms with E-state index in [0.717, 1.165) is 38.5 Å². The Kier molecular flexibility index (Phi) is 11.4. The van der Waals surface area contributed by atoms with Crippen LogP contribution in [0.5, 0.6) is 0 Å². The molecule has 0 aliphatic carbocycles. The maximum absolute atomic E-state index is 12.2. The second-order valence-corrected chi connectivity index (χ2v) is 10.5. The van der Waals surface area contributed by atoms with Crippen molar-refractivity contribution in [3.8, 4) is 0 Å². The summed E-state index contributed by atoms with van der Waals surface area (Å²) in [6.45, 7) is 7.59. The van der Waals surface area contributed by atoms with Crippen LogP contribution >= 0.6 is 0 Å². The molecule has 0 aliphatic rings. The van der Waals surface area contributed by atoms with Gasteiger partial charge in [0.2, 0.25) is 0 Å². The van der Waals surface area contributed by atoms with Gasteiger partial charge in [-0.15, -0.1) is 0 Å². The fraction of sp³-hybridized carbons (Fsp3) is 0.667. The number of hydrogen-bond acceptors (Lipinski definition) is 5. The van der Waals surface area contributed by atoms with E-state index in [1.165, 1.54) is 12.1 Å². The number of sulfonamides is 1. The van der Waals surface area contributed by atoms with E-state index >= 15 is 0 Å². The lowest BCUT2D eigenvalue weighted by atomic mass is 10.4. The Morgan fingerprint density at radius 3 is 1.89 bits per heavy atom. The monoisotopic (exact) mass is 429 g/mol. The predicted molar refractivity (Wildman–Crippen MR) is 111 cm³/mol. The Hall–Kier alpha value is -1.42. The first kappa shape index (κ1) is 24.6. The second kappa shape index (κ2) is 12.9. The van der Waals surface area contributed by atoms with Gasteiger partial charge in [0.25, 0.3) is 10.0 Å². The summed E-state index contributed by atoms with van der Waals surface area (Å²) in [5.74, 6) is 0. The van der Waals surface area contributed by atoms with Crippen molar-refractivity contribution < 1.29 is 21.7 Å². The van der Waals surface area contributed by atoms with Crippen LogP contribution in [-0.2, 0) is 23.3 Å². The molecule has 0 N–H and O–H groups in total. The molecule has 10 heteroatoms. The summed E-state index contributed by atoms with van der Waals surface area (Å²) in [5.41, 5.74) is 8.54. The minimum atomic E-state index is -4.10. The fourth-order valence-corrected chi connectivity index (χ4v) is 5.81. The van der Waals surface area contributed by atoms with Crippen molar-refractivity contribution in [3.63, 3.8) is 0 Å². The van der Waals surface area contributed by atoms with Gasteiger partial charge in [0.15, 0.2) is 0 Å². The third-order valence-electron chi connectivity index (χ3n) is 4.00. The average Bonchev–Trinajstić information content (AvgIpc) is 2.68. The van der Waals surface area contributed by atoms with Crippen molar-refractivity contribution in [3.05, 3.63) is 34.7 Å². The van der Waals surface area contributed by atoms with Gasteiger partial charge in [-0.2, -0.15) is 0 Å². The van der Waals surface area contributed by atoms with Crippen molar-refractivity contribution in [1.29, 1.82) is 0 Å². The topological polar surface area (TPSA) is 111 Å². The molecule has 0 heterocycles. The van der Waals surface area contributed by atoms with E-state index in [1.54, 1.807) is 12.1 Å². The number of hydrogen-bond donors (Lipinski definition) is 0. The minimum Gasteiger partial charge on any atom is -0.370 e. The molecule has 0 unspecified atom stereocenters. The summed E-state index contributed by atoms with van der Waals surface area (Å²) in [6, 6.07) is 6.18. The van der Waals surface area contributed by atoms with E-state index in [9.17, 15) is 8.42 Å². The zero-order chi connectivity index (χ0) is 20.9. The Morgan fingerprint density at radius 1 is 0.964 bits per heavy atom. The largest absolute Gasteiger partial charge is 0.537 e. The third kappa shape index (κ3) is 7.54. The molecule has 0 atom stereocenters. The first-order valence-corrected chi connectivity index (χ1v) is 13.0. The maximum Gasteiger partial charge on any atom is 0.537 e. The highest BCUT2D eigenvalue weighted by atomic mass is 32.2. The molecule has 0 amide bonds. The number of rotatable bonds is 15. The van der Waals surface area contributed by atoms with Crippen molar-refractivity contribution in [1.82, 2.24) is 0 Å². The van der Waals surface area contributed by atoms with Crippen LogP contribution in [0.1, 0.15) is 59.3 Å². The first-order chi connectivity index (χ1) is 13.5. The number of benzene rings is 1. The highest BCUT2D eigenvalue weighted by molar-refractivity contribution is 7.90. The van der Waals surface area contributed by atoms with Gasteiger partial charge < -0.3 is 13.3 Å². The van der Waals surface area contributed by atoms with Crippen molar-refractivity contribution in [2.45, 2.75) is 64.2 Å². The second-order valence-electron chi connectivity index (χ2n) is 6.34. The van der Waals surface area contributed by atoms with Crippen LogP contribution in [-0.4, -0.2) is 37.0 Å². The van der Waals surface area contributed by atoms with Crippen LogP contribution in [0.2, 0.25) is 0 Å². The summed E-state index contributed by atoms with van der Waals surface area (Å²) in [6.07, 6.45) is 5.42. The van der Waals surface area contributed by atoms with Crippen molar-refractivity contribution >= 4 is 24.0 Å². The molecular weight excluding hydrogens is 398 g/mol. The molecule has 0 aliphatic heterocycles. The zero-order valence-corrected chi connectivity index (χ0v) is 18.8. The van der Waals surface area contributed by atoms with Crippen LogP contribution in [0.25, 0.3) is 10.4 Å². The SMILES string of the molecule is CCCCO[Si](OCCCC)(OCCCC)c1cccc(S(=O)(=O)N=[N+]=[N-])c1. The minimum absolute atomic E-state index is 0.100. The molecule has 0 aromatic heterocycles. The van der Waals surface area contributed by atoms with E-state index in [0.29, 0.717) is 25.0 Å². The van der Waals surface area contributed by atoms with E-state index in [1.807, 2.05) is 0 Å². The molecule has 0 spiro atoms. The Bertz CT molecular complexity index is 712. The van der Waals surface area contributed by atoms with Crippen molar-refractivity contribution in [2.75, 3.05) is 19.8 Å². The molecule has 0 fully saturated rings. The summed E-state index contributed by atoms with van der Waals surface area (Å²) in [4.78, 5) is 2.31. The smallest absolute Gasteiger partial charge is 0.370 e. The average molecular weight is 430 g/mol. The highest BCUT2D eigenvalue weighted by Gasteiger charge is 2.44. The quantitative estimate of drug-likeness (QED) is 0.136.